The molecule has 2 aromatic heterocycles. The third kappa shape index (κ3) is 3.88. The number of ketones is 1. The Bertz CT molecular complexity index is 1040. The maximum Gasteiger partial charge on any atom is 0.267 e. The van der Waals surface area contributed by atoms with Gasteiger partial charge < -0.3 is 5.32 Å². The number of benzene rings is 1. The lowest BCUT2D eigenvalue weighted by Gasteiger charge is -2.25. The summed E-state index contributed by atoms with van der Waals surface area (Å²) in [5.41, 5.74) is 0.178. The normalized spacial score (nSPS) is 11.2. The number of rotatable bonds is 5. The van der Waals surface area contributed by atoms with Crippen LogP contribution >= 0.6 is 11.3 Å². The molecule has 1 N–H and O–H groups in total. The molecule has 0 aliphatic heterocycles. The molecule has 1 amide bonds. The van der Waals surface area contributed by atoms with E-state index in [1.54, 1.807) is 44.2 Å². The molecule has 0 unspecified atom stereocenters. The number of carbonyl (C=O) groups is 2. The van der Waals surface area contributed by atoms with E-state index >= 15 is 0 Å². The van der Waals surface area contributed by atoms with Gasteiger partial charge in [0.15, 0.2) is 5.78 Å². The Morgan fingerprint density at radius 2 is 1.78 bits per heavy atom. The maximum atomic E-state index is 12.8. The van der Waals surface area contributed by atoms with E-state index < -0.39 is 5.54 Å². The van der Waals surface area contributed by atoms with Crippen molar-refractivity contribution in [2.45, 2.75) is 26.3 Å². The molecule has 6 nitrogen and oxygen atoms in total. The highest BCUT2D eigenvalue weighted by atomic mass is 32.1. The summed E-state index contributed by atoms with van der Waals surface area (Å²) in [6, 6.07) is 13.5. The summed E-state index contributed by atoms with van der Waals surface area (Å²) in [5.74, 6) is -0.426. The quantitative estimate of drug-likeness (QED) is 0.686. The number of nitrogens with one attached hydrogen (secondary N) is 1. The first-order valence-corrected chi connectivity index (χ1v) is 9.24. The number of thiophene rings is 1. The van der Waals surface area contributed by atoms with Gasteiger partial charge in [-0.1, -0.05) is 6.07 Å². The molecule has 0 fully saturated rings. The lowest BCUT2D eigenvalue weighted by molar-refractivity contribution is -0.123. The summed E-state index contributed by atoms with van der Waals surface area (Å²) in [7, 11) is 0. The number of hydrogen-bond donors (Lipinski definition) is 1. The molecule has 0 bridgehead atoms. The molecular weight excluding hydrogens is 362 g/mol. The lowest BCUT2D eigenvalue weighted by atomic mass is 10.0. The van der Waals surface area contributed by atoms with Crippen LogP contribution in [0.15, 0.2) is 58.7 Å². The minimum Gasteiger partial charge on any atom is -0.324 e. The second kappa shape index (κ2) is 7.28. The highest BCUT2D eigenvalue weighted by Crippen LogP contribution is 2.23. The van der Waals surface area contributed by atoms with E-state index in [9.17, 15) is 14.4 Å². The van der Waals surface area contributed by atoms with Crippen LogP contribution in [-0.4, -0.2) is 21.5 Å². The molecular formula is C20H19N3O3S. The zero-order valence-corrected chi connectivity index (χ0v) is 16.0. The van der Waals surface area contributed by atoms with Crippen molar-refractivity contribution in [2.75, 3.05) is 5.32 Å². The van der Waals surface area contributed by atoms with Crippen molar-refractivity contribution in [3.63, 3.8) is 0 Å². The van der Waals surface area contributed by atoms with E-state index in [0.29, 0.717) is 16.9 Å². The first kappa shape index (κ1) is 18.7. The van der Waals surface area contributed by atoms with Gasteiger partial charge in [0.25, 0.3) is 11.5 Å². The molecule has 27 heavy (non-hydrogen) atoms. The van der Waals surface area contributed by atoms with Crippen molar-refractivity contribution in [3.05, 3.63) is 69.8 Å². The van der Waals surface area contributed by atoms with Gasteiger partial charge in [-0.2, -0.15) is 5.10 Å². The molecule has 0 saturated carbocycles. The lowest BCUT2D eigenvalue weighted by Crippen LogP contribution is -2.47. The fraction of sp³-hybridized carbons (Fsp3) is 0.200. The number of Topliss-reactive ketones (excluding diaryl/α,β-unsaturated/α-hetero) is 1. The average molecular weight is 381 g/mol. The number of aromatic nitrogens is 2. The summed E-state index contributed by atoms with van der Waals surface area (Å²) >= 11 is 1.51. The average Bonchev–Trinajstić information content (AvgIpc) is 3.17. The maximum absolute atomic E-state index is 12.8. The molecule has 1 aromatic carbocycles. The minimum absolute atomic E-state index is 0.0469. The van der Waals surface area contributed by atoms with Crippen molar-refractivity contribution in [1.29, 1.82) is 0 Å². The molecule has 7 heteroatoms. The molecule has 3 aromatic rings. The summed E-state index contributed by atoms with van der Waals surface area (Å²) in [6.07, 6.45) is 0. The molecule has 0 aliphatic carbocycles. The third-order valence-electron chi connectivity index (χ3n) is 4.21. The molecule has 0 spiro atoms. The second-order valence-electron chi connectivity index (χ2n) is 6.59. The van der Waals surface area contributed by atoms with Gasteiger partial charge in [0.05, 0.1) is 4.88 Å². The van der Waals surface area contributed by atoms with Crippen LogP contribution in [0.25, 0.3) is 10.6 Å². The fourth-order valence-corrected chi connectivity index (χ4v) is 3.23. The second-order valence-corrected chi connectivity index (χ2v) is 7.54. The minimum atomic E-state index is -1.20. The molecule has 0 saturated heterocycles. The third-order valence-corrected chi connectivity index (χ3v) is 5.10. The Morgan fingerprint density at radius 1 is 1.07 bits per heavy atom. The predicted octanol–water partition coefficient (Wildman–Crippen LogP) is 3.55. The smallest absolute Gasteiger partial charge is 0.267 e. The molecule has 2 heterocycles. The largest absolute Gasteiger partial charge is 0.324 e. The number of hydrogen-bond acceptors (Lipinski definition) is 5. The van der Waals surface area contributed by atoms with Crippen LogP contribution in [0.3, 0.4) is 0 Å². The first-order valence-electron chi connectivity index (χ1n) is 8.36. The van der Waals surface area contributed by atoms with E-state index in [2.05, 4.69) is 10.4 Å². The standard InChI is InChI=1S/C20H19N3O3S/c1-13(24)14-6-8-15(9-7-14)21-19(26)20(2,3)23-18(25)11-10-16(22-23)17-5-4-12-27-17/h4-12H,1-3H3,(H,21,26). The van der Waals surface area contributed by atoms with Gasteiger partial charge in [-0.25, -0.2) is 4.68 Å². The van der Waals surface area contributed by atoms with Gasteiger partial charge in [0, 0.05) is 17.3 Å². The van der Waals surface area contributed by atoms with Crippen LogP contribution in [0.2, 0.25) is 0 Å². The van der Waals surface area contributed by atoms with E-state index in [0.717, 1.165) is 4.88 Å². The molecule has 0 aliphatic rings. The Balaban J connectivity index is 1.89. The monoisotopic (exact) mass is 381 g/mol. The highest BCUT2D eigenvalue weighted by Gasteiger charge is 2.32. The Morgan fingerprint density at radius 3 is 2.37 bits per heavy atom. The van der Waals surface area contributed by atoms with E-state index in [-0.39, 0.29) is 17.2 Å². The molecule has 0 atom stereocenters. The Labute approximate surface area is 160 Å². The van der Waals surface area contributed by atoms with Crippen LogP contribution < -0.4 is 10.9 Å². The van der Waals surface area contributed by atoms with E-state index in [1.807, 2.05) is 17.5 Å². The number of amides is 1. The summed E-state index contributed by atoms with van der Waals surface area (Å²) in [6.45, 7) is 4.76. The van der Waals surface area contributed by atoms with Crippen LogP contribution in [0.4, 0.5) is 5.69 Å². The number of nitrogens with zero attached hydrogens (tertiary/aromatic N) is 2. The van der Waals surface area contributed by atoms with Crippen LogP contribution in [0.5, 0.6) is 0 Å². The van der Waals surface area contributed by atoms with Gasteiger partial charge in [0.2, 0.25) is 0 Å². The molecule has 0 radical (unpaired) electrons. The van der Waals surface area contributed by atoms with Gasteiger partial charge in [0.1, 0.15) is 11.2 Å². The number of carbonyl (C=O) groups excluding carboxylic acids is 2. The van der Waals surface area contributed by atoms with Crippen molar-refractivity contribution >= 4 is 28.7 Å². The summed E-state index contributed by atoms with van der Waals surface area (Å²) in [4.78, 5) is 37.5. The van der Waals surface area contributed by atoms with Crippen molar-refractivity contribution in [3.8, 4) is 10.6 Å². The topological polar surface area (TPSA) is 81.1 Å². The van der Waals surface area contributed by atoms with Gasteiger partial charge in [-0.3, -0.25) is 14.4 Å². The van der Waals surface area contributed by atoms with Crippen LogP contribution in [0, 0.1) is 0 Å². The van der Waals surface area contributed by atoms with Gasteiger partial charge in [-0.15, -0.1) is 11.3 Å². The van der Waals surface area contributed by atoms with Crippen molar-refractivity contribution < 1.29 is 9.59 Å². The van der Waals surface area contributed by atoms with Crippen LogP contribution in [0.1, 0.15) is 31.1 Å². The van der Waals surface area contributed by atoms with Crippen molar-refractivity contribution in [1.82, 2.24) is 9.78 Å². The zero-order valence-electron chi connectivity index (χ0n) is 15.2. The SMILES string of the molecule is CC(=O)c1ccc(NC(=O)C(C)(C)n2nc(-c3cccs3)ccc2=O)cc1. The van der Waals surface area contributed by atoms with Crippen molar-refractivity contribution in [2.24, 2.45) is 0 Å². The van der Waals surface area contributed by atoms with E-state index in [4.69, 9.17) is 0 Å². The molecule has 138 valence electrons. The summed E-state index contributed by atoms with van der Waals surface area (Å²) < 4.78 is 1.20. The summed E-state index contributed by atoms with van der Waals surface area (Å²) in [5, 5.41) is 9.10. The number of anilines is 1. The highest BCUT2D eigenvalue weighted by molar-refractivity contribution is 7.13. The Kier molecular flexibility index (Phi) is 5.05. The van der Waals surface area contributed by atoms with E-state index in [1.165, 1.54) is 29.0 Å². The van der Waals surface area contributed by atoms with Gasteiger partial charge in [-0.05, 0) is 62.5 Å². The fourth-order valence-electron chi connectivity index (χ4n) is 2.54. The predicted molar refractivity (Wildman–Crippen MR) is 106 cm³/mol. The zero-order chi connectivity index (χ0) is 19.6. The first-order chi connectivity index (χ1) is 12.8. The van der Waals surface area contributed by atoms with Gasteiger partial charge >= 0.3 is 0 Å². The molecule has 3 rings (SSSR count). The Hall–Kier alpha value is -3.06. The van der Waals surface area contributed by atoms with Crippen LogP contribution in [-0.2, 0) is 10.3 Å².